The van der Waals surface area contributed by atoms with Gasteiger partial charge in [-0.2, -0.15) is 11.8 Å². The van der Waals surface area contributed by atoms with Crippen molar-refractivity contribution in [2.75, 3.05) is 25.1 Å². The Morgan fingerprint density at radius 3 is 3.09 bits per heavy atom. The monoisotopic (exact) mass is 174 g/mol. The van der Waals surface area contributed by atoms with Gasteiger partial charge in [-0.15, -0.1) is 0 Å². The molecule has 1 saturated heterocycles. The summed E-state index contributed by atoms with van der Waals surface area (Å²) in [6, 6.07) is 0.367. The van der Waals surface area contributed by atoms with Gasteiger partial charge in [0.1, 0.15) is 0 Å². The maximum absolute atomic E-state index is 10.6. The first-order valence-electron chi connectivity index (χ1n) is 3.76. The van der Waals surface area contributed by atoms with Crippen molar-refractivity contribution in [1.29, 1.82) is 0 Å². The zero-order chi connectivity index (χ0) is 8.27. The molecule has 3 nitrogen and oxygen atoms in total. The van der Waals surface area contributed by atoms with E-state index in [9.17, 15) is 4.79 Å². The van der Waals surface area contributed by atoms with Crippen LogP contribution in [0.2, 0.25) is 0 Å². The van der Waals surface area contributed by atoms with Crippen molar-refractivity contribution in [3.63, 3.8) is 0 Å². The van der Waals surface area contributed by atoms with E-state index < -0.39 is 0 Å². The maximum Gasteiger partial charge on any atom is 0.219 e. The van der Waals surface area contributed by atoms with E-state index >= 15 is 0 Å². The molecule has 1 aliphatic heterocycles. The highest BCUT2D eigenvalue weighted by Gasteiger charge is 2.20. The number of nitrogens with two attached hydrogens (primary N) is 1. The average molecular weight is 174 g/mol. The largest absolute Gasteiger partial charge is 0.370 e. The molecule has 0 saturated carbocycles. The van der Waals surface area contributed by atoms with Gasteiger partial charge in [0.15, 0.2) is 0 Å². The van der Waals surface area contributed by atoms with Crippen LogP contribution in [-0.2, 0) is 4.79 Å². The summed E-state index contributed by atoms with van der Waals surface area (Å²) in [7, 11) is 2.05. The van der Waals surface area contributed by atoms with Crippen molar-refractivity contribution >= 4 is 17.7 Å². The minimum atomic E-state index is -0.190. The summed E-state index contributed by atoms with van der Waals surface area (Å²) in [5, 5.41) is 0. The van der Waals surface area contributed by atoms with Crippen molar-refractivity contribution in [2.24, 2.45) is 5.73 Å². The molecule has 1 amide bonds. The van der Waals surface area contributed by atoms with Gasteiger partial charge in [0, 0.05) is 30.5 Å². The summed E-state index contributed by atoms with van der Waals surface area (Å²) < 4.78 is 0. The molecule has 0 aromatic carbocycles. The van der Waals surface area contributed by atoms with Gasteiger partial charge >= 0.3 is 0 Å². The van der Waals surface area contributed by atoms with Crippen molar-refractivity contribution < 1.29 is 4.79 Å². The predicted molar refractivity (Wildman–Crippen MR) is 47.6 cm³/mol. The Hall–Kier alpha value is -0.220. The van der Waals surface area contributed by atoms with Crippen molar-refractivity contribution in [2.45, 2.75) is 12.5 Å². The van der Waals surface area contributed by atoms with Gasteiger partial charge < -0.3 is 10.6 Å². The van der Waals surface area contributed by atoms with Crippen molar-refractivity contribution in [1.82, 2.24) is 4.90 Å². The van der Waals surface area contributed by atoms with Crippen LogP contribution in [0.1, 0.15) is 6.42 Å². The molecule has 1 unspecified atom stereocenters. The average Bonchev–Trinajstić information content (AvgIpc) is 1.93. The fraction of sp³-hybridized carbons (Fsp3) is 0.857. The van der Waals surface area contributed by atoms with Crippen LogP contribution in [0.3, 0.4) is 0 Å². The predicted octanol–water partition coefficient (Wildman–Crippen LogP) is -0.0910. The van der Waals surface area contributed by atoms with Gasteiger partial charge in [0.05, 0.1) is 0 Å². The van der Waals surface area contributed by atoms with Crippen molar-refractivity contribution in [3.05, 3.63) is 0 Å². The van der Waals surface area contributed by atoms with E-state index in [1.165, 1.54) is 5.75 Å². The number of nitrogens with zero attached hydrogens (tertiary/aromatic N) is 1. The zero-order valence-electron chi connectivity index (χ0n) is 6.75. The SMILES string of the molecule is CN1CCSCC1CC(N)=O. The fourth-order valence-corrected chi connectivity index (χ4v) is 2.41. The third-order valence-corrected chi connectivity index (χ3v) is 3.05. The number of rotatable bonds is 2. The number of carbonyl (C=O) groups excluding carboxylic acids is 1. The second kappa shape index (κ2) is 3.97. The molecule has 0 bridgehead atoms. The van der Waals surface area contributed by atoms with Crippen LogP contribution in [0, 0.1) is 0 Å². The number of hydrogen-bond donors (Lipinski definition) is 1. The zero-order valence-corrected chi connectivity index (χ0v) is 7.56. The van der Waals surface area contributed by atoms with Crippen LogP contribution in [0.5, 0.6) is 0 Å². The minimum absolute atomic E-state index is 0.190. The number of carbonyl (C=O) groups is 1. The Balaban J connectivity index is 2.35. The molecule has 0 aromatic heterocycles. The molecule has 0 aromatic rings. The highest BCUT2D eigenvalue weighted by Crippen LogP contribution is 2.16. The van der Waals surface area contributed by atoms with E-state index in [4.69, 9.17) is 5.73 Å². The molecule has 1 heterocycles. The summed E-state index contributed by atoms with van der Waals surface area (Å²) in [6.45, 7) is 1.07. The van der Waals surface area contributed by atoms with Gasteiger partial charge in [-0.3, -0.25) is 4.79 Å². The van der Waals surface area contributed by atoms with E-state index in [0.717, 1.165) is 12.3 Å². The Kier molecular flexibility index (Phi) is 3.20. The Bertz CT molecular complexity index is 151. The standard InChI is InChI=1S/C7H14N2OS/c1-9-2-3-11-5-6(9)4-7(8)10/h6H,2-5H2,1H3,(H2,8,10). The van der Waals surface area contributed by atoms with Gasteiger partial charge in [-0.1, -0.05) is 0 Å². The topological polar surface area (TPSA) is 46.3 Å². The van der Waals surface area contributed by atoms with Crippen molar-refractivity contribution in [3.8, 4) is 0 Å². The second-order valence-electron chi connectivity index (χ2n) is 2.88. The highest BCUT2D eigenvalue weighted by molar-refractivity contribution is 7.99. The van der Waals surface area contributed by atoms with Crippen LogP contribution < -0.4 is 5.73 Å². The summed E-state index contributed by atoms with van der Waals surface area (Å²) in [5.74, 6) is 2.02. The molecule has 64 valence electrons. The van der Waals surface area contributed by atoms with Crippen LogP contribution >= 0.6 is 11.8 Å². The Labute approximate surface area is 71.3 Å². The van der Waals surface area contributed by atoms with E-state index in [0.29, 0.717) is 12.5 Å². The van der Waals surface area contributed by atoms with Gasteiger partial charge in [0.2, 0.25) is 5.91 Å². The van der Waals surface area contributed by atoms with Crippen LogP contribution in [-0.4, -0.2) is 41.9 Å². The van der Waals surface area contributed by atoms with Crippen LogP contribution in [0.25, 0.3) is 0 Å². The summed E-state index contributed by atoms with van der Waals surface area (Å²) in [5.41, 5.74) is 5.11. The molecule has 2 N–H and O–H groups in total. The molecule has 1 rings (SSSR count). The molecule has 1 atom stereocenters. The highest BCUT2D eigenvalue weighted by atomic mass is 32.2. The number of amides is 1. The van der Waals surface area contributed by atoms with Crippen LogP contribution in [0.4, 0.5) is 0 Å². The van der Waals surface area contributed by atoms with Gasteiger partial charge in [0.25, 0.3) is 0 Å². The minimum Gasteiger partial charge on any atom is -0.370 e. The second-order valence-corrected chi connectivity index (χ2v) is 4.03. The lowest BCUT2D eigenvalue weighted by Gasteiger charge is -2.31. The molecule has 1 aliphatic rings. The molecular weight excluding hydrogens is 160 g/mol. The van der Waals surface area contributed by atoms with E-state index in [1.807, 2.05) is 18.8 Å². The van der Waals surface area contributed by atoms with E-state index in [-0.39, 0.29) is 5.91 Å². The Morgan fingerprint density at radius 1 is 1.82 bits per heavy atom. The number of hydrogen-bond acceptors (Lipinski definition) is 3. The molecule has 0 aliphatic carbocycles. The molecule has 11 heavy (non-hydrogen) atoms. The third-order valence-electron chi connectivity index (χ3n) is 1.96. The van der Waals surface area contributed by atoms with E-state index in [2.05, 4.69) is 4.90 Å². The fourth-order valence-electron chi connectivity index (χ4n) is 1.18. The lowest BCUT2D eigenvalue weighted by molar-refractivity contribution is -0.119. The summed E-state index contributed by atoms with van der Waals surface area (Å²) >= 11 is 1.90. The summed E-state index contributed by atoms with van der Waals surface area (Å²) in [4.78, 5) is 12.8. The molecule has 0 spiro atoms. The Morgan fingerprint density at radius 2 is 2.55 bits per heavy atom. The normalized spacial score (nSPS) is 26.8. The number of primary amides is 1. The van der Waals surface area contributed by atoms with Gasteiger partial charge in [-0.05, 0) is 7.05 Å². The quantitative estimate of drug-likeness (QED) is 0.636. The van der Waals surface area contributed by atoms with E-state index in [1.54, 1.807) is 0 Å². The first-order chi connectivity index (χ1) is 5.20. The van der Waals surface area contributed by atoms with Gasteiger partial charge in [-0.25, -0.2) is 0 Å². The molecule has 0 radical (unpaired) electrons. The molecular formula is C7H14N2OS. The first-order valence-corrected chi connectivity index (χ1v) is 4.92. The molecule has 4 heteroatoms. The lowest BCUT2D eigenvalue weighted by atomic mass is 10.2. The van der Waals surface area contributed by atoms with Crippen LogP contribution in [0.15, 0.2) is 0 Å². The summed E-state index contributed by atoms with van der Waals surface area (Å²) in [6.07, 6.45) is 0.503. The molecule has 1 fully saturated rings. The lowest BCUT2D eigenvalue weighted by Crippen LogP contribution is -2.41. The maximum atomic E-state index is 10.6. The third kappa shape index (κ3) is 2.71. The smallest absolute Gasteiger partial charge is 0.219 e. The first kappa shape index (κ1) is 8.87. The number of thioether (sulfide) groups is 1.